The summed E-state index contributed by atoms with van der Waals surface area (Å²) in [5.41, 5.74) is 0.0302. The van der Waals surface area contributed by atoms with E-state index in [1.165, 1.54) is 109 Å². The Kier molecular flexibility index (Phi) is 7.99. The number of nitrogens with zero attached hydrogens (tertiary/aromatic N) is 1. The maximum atomic E-state index is 13.0. The van der Waals surface area contributed by atoms with Crippen molar-refractivity contribution in [1.82, 2.24) is 10.2 Å². The Morgan fingerprint density at radius 2 is 0.946 bits per heavy atom. The van der Waals surface area contributed by atoms with Crippen LogP contribution in [0, 0.1) is 46.3 Å². The summed E-state index contributed by atoms with van der Waals surface area (Å²) in [7, 11) is 0. The van der Waals surface area contributed by atoms with Crippen molar-refractivity contribution in [2.24, 2.45) is 46.3 Å². The summed E-state index contributed by atoms with van der Waals surface area (Å²) in [6.07, 6.45) is 23.4. The van der Waals surface area contributed by atoms with E-state index in [2.05, 4.69) is 10.2 Å². The molecule has 0 aromatic heterocycles. The molecule has 2 aliphatic heterocycles. The topological polar surface area (TPSA) is 49.4 Å². The first kappa shape index (κ1) is 26.6. The van der Waals surface area contributed by atoms with Gasteiger partial charge in [0.15, 0.2) is 0 Å². The normalized spacial score (nSPS) is 44.9. The molecule has 1 amide bonds. The first-order valence-electron chi connectivity index (χ1n) is 16.1. The fraction of sp³-hybridized carbons (Fsp3) is 0.938. The molecule has 0 unspecified atom stereocenters. The van der Waals surface area contributed by atoms with E-state index in [0.29, 0.717) is 5.91 Å². The van der Waals surface area contributed by atoms with E-state index < -0.39 is 0 Å². The quantitative estimate of drug-likeness (QED) is 0.393. The number of rotatable bonds is 2. The number of nitrogens with one attached hydrogen (secondary N) is 1. The molecule has 10 rings (SSSR count). The maximum absolute atomic E-state index is 13.0. The van der Waals surface area contributed by atoms with Crippen molar-refractivity contribution in [2.75, 3.05) is 26.2 Å². The first-order valence-corrected chi connectivity index (χ1v) is 16.5. The molecule has 8 saturated carbocycles. The highest BCUT2D eigenvalue weighted by Crippen LogP contribution is 2.61. The summed E-state index contributed by atoms with van der Waals surface area (Å²) in [5.74, 6) is 5.72. The molecule has 8 bridgehead atoms. The third-order valence-corrected chi connectivity index (χ3v) is 12.2. The average molecular weight is 531 g/mol. The molecular weight excluding hydrogens is 480 g/mol. The fourth-order valence-corrected chi connectivity index (χ4v) is 11.2. The van der Waals surface area contributed by atoms with E-state index in [1.54, 1.807) is 0 Å². The lowest BCUT2D eigenvalue weighted by Gasteiger charge is -2.56. The smallest absolute Gasteiger partial charge is 0.228 e. The summed E-state index contributed by atoms with van der Waals surface area (Å²) in [6, 6.07) is 0. The summed E-state index contributed by atoms with van der Waals surface area (Å²) in [5, 5.41) is 3.25. The van der Waals surface area contributed by atoms with Gasteiger partial charge in [0.05, 0.1) is 5.41 Å². The summed E-state index contributed by atoms with van der Waals surface area (Å²) >= 11 is 5.76. The monoisotopic (exact) mass is 530 g/mol. The van der Waals surface area contributed by atoms with E-state index in [-0.39, 0.29) is 16.1 Å². The van der Waals surface area contributed by atoms with Gasteiger partial charge in [0.2, 0.25) is 11.1 Å². The molecule has 8 aliphatic carbocycles. The Bertz CT molecular complexity index is 749. The molecule has 0 atom stereocenters. The zero-order valence-electron chi connectivity index (χ0n) is 23.2. The van der Waals surface area contributed by atoms with Gasteiger partial charge >= 0.3 is 0 Å². The highest BCUT2D eigenvalue weighted by atomic mass is 35.5. The lowest BCUT2D eigenvalue weighted by atomic mass is 9.49. The van der Waals surface area contributed by atoms with Gasteiger partial charge in [-0.3, -0.25) is 9.59 Å². The van der Waals surface area contributed by atoms with Gasteiger partial charge in [-0.2, -0.15) is 0 Å². The Hall–Kier alpha value is -0.610. The molecule has 0 spiro atoms. The van der Waals surface area contributed by atoms with Gasteiger partial charge in [-0.1, -0.05) is 6.42 Å². The van der Waals surface area contributed by atoms with E-state index in [0.717, 1.165) is 67.9 Å². The zero-order valence-corrected chi connectivity index (χ0v) is 23.9. The van der Waals surface area contributed by atoms with E-state index in [4.69, 9.17) is 11.6 Å². The number of carbonyl (C=O) groups excluding carboxylic acids is 2. The second-order valence-corrected chi connectivity index (χ2v) is 15.2. The van der Waals surface area contributed by atoms with Crippen molar-refractivity contribution in [2.45, 2.75) is 116 Å². The molecule has 10 aliphatic rings. The zero-order chi connectivity index (χ0) is 25.5. The summed E-state index contributed by atoms with van der Waals surface area (Å²) in [6.45, 7) is 4.58. The van der Waals surface area contributed by atoms with E-state index in [1.807, 2.05) is 0 Å². The van der Waals surface area contributed by atoms with Crippen molar-refractivity contribution in [3.8, 4) is 0 Å². The van der Waals surface area contributed by atoms with Gasteiger partial charge < -0.3 is 10.2 Å². The van der Waals surface area contributed by atoms with Crippen LogP contribution in [-0.2, 0) is 9.59 Å². The average Bonchev–Trinajstić information content (AvgIpc) is 2.89. The molecule has 5 heteroatoms. The molecule has 2 heterocycles. The van der Waals surface area contributed by atoms with Crippen LogP contribution in [0.4, 0.5) is 0 Å². The van der Waals surface area contributed by atoms with E-state index in [9.17, 15) is 9.59 Å². The number of likely N-dealkylation sites (tertiary alicyclic amines) is 1. The molecule has 0 aromatic carbocycles. The van der Waals surface area contributed by atoms with Gasteiger partial charge in [-0.25, -0.2) is 0 Å². The van der Waals surface area contributed by atoms with Crippen LogP contribution in [0.15, 0.2) is 0 Å². The number of amides is 1. The van der Waals surface area contributed by atoms with Crippen molar-refractivity contribution in [3.63, 3.8) is 0 Å². The maximum Gasteiger partial charge on any atom is 0.228 e. The molecule has 0 radical (unpaired) electrons. The number of halogens is 1. The first-order chi connectivity index (χ1) is 17.9. The van der Waals surface area contributed by atoms with Crippen LogP contribution in [0.1, 0.15) is 116 Å². The van der Waals surface area contributed by atoms with Crippen LogP contribution in [-0.4, -0.2) is 42.2 Å². The highest BCUT2D eigenvalue weighted by Gasteiger charge is 2.56. The third-order valence-electron chi connectivity index (χ3n) is 11.8. The molecule has 1 N–H and O–H groups in total. The van der Waals surface area contributed by atoms with Crippen LogP contribution < -0.4 is 5.32 Å². The fourth-order valence-electron chi connectivity index (χ4n) is 11.0. The van der Waals surface area contributed by atoms with Gasteiger partial charge in [0.25, 0.3) is 0 Å². The summed E-state index contributed by atoms with van der Waals surface area (Å²) < 4.78 is 0. The number of piperidine rings is 2. The van der Waals surface area contributed by atoms with Crippen molar-refractivity contribution < 1.29 is 9.59 Å². The lowest BCUT2D eigenvalue weighted by molar-refractivity contribution is -0.158. The lowest BCUT2D eigenvalue weighted by Crippen LogP contribution is -2.55. The minimum atomic E-state index is -0.0731. The largest absolute Gasteiger partial charge is 0.342 e. The molecule has 0 aromatic rings. The molecule has 37 heavy (non-hydrogen) atoms. The Balaban J connectivity index is 0.000000115. The van der Waals surface area contributed by atoms with Crippen LogP contribution >= 0.6 is 11.6 Å². The molecule has 2 saturated heterocycles. The van der Waals surface area contributed by atoms with E-state index >= 15 is 0 Å². The minimum Gasteiger partial charge on any atom is -0.342 e. The Morgan fingerprint density at radius 1 is 0.568 bits per heavy atom. The predicted octanol–water partition coefficient (Wildman–Crippen LogP) is 6.94. The summed E-state index contributed by atoms with van der Waals surface area (Å²) in [4.78, 5) is 26.7. The van der Waals surface area contributed by atoms with Crippen molar-refractivity contribution in [1.29, 1.82) is 0 Å². The molecule has 4 nitrogen and oxygen atoms in total. The number of hydrogen-bond donors (Lipinski definition) is 1. The number of carbonyl (C=O) groups is 2. The number of hydrogen-bond acceptors (Lipinski definition) is 3. The SMILES string of the molecule is C1CCNCC1.O=C(Cl)C12CC3CC(CC(C3)C1)C2.O=C(N1CCCCC1)C12CC3CC(CC(C3)C1)C2. The van der Waals surface area contributed by atoms with Crippen molar-refractivity contribution >= 4 is 22.8 Å². The molecular formula is C32H51ClN2O2. The van der Waals surface area contributed by atoms with Crippen molar-refractivity contribution in [3.05, 3.63) is 0 Å². The Morgan fingerprint density at radius 3 is 1.27 bits per heavy atom. The second kappa shape index (κ2) is 11.1. The standard InChI is InChI=1S/C16H25NO.C11H15ClO.C5H11N/c18-15(17-4-2-1-3-5-17)16-9-12-6-13(10-16)8-14(7-12)11-16;12-10(13)11-4-7-1-8(5-11)3-9(2-7)6-11;1-2-4-6-5-3-1/h12-14H,1-11H2;7-9H,1-6H2;6H,1-5H2. The molecule has 208 valence electrons. The highest BCUT2D eigenvalue weighted by molar-refractivity contribution is 6.64. The van der Waals surface area contributed by atoms with Crippen LogP contribution in [0.5, 0.6) is 0 Å². The van der Waals surface area contributed by atoms with Crippen LogP contribution in [0.25, 0.3) is 0 Å². The predicted molar refractivity (Wildman–Crippen MR) is 149 cm³/mol. The second-order valence-electron chi connectivity index (χ2n) is 14.8. The van der Waals surface area contributed by atoms with Gasteiger partial charge in [-0.15, -0.1) is 0 Å². The van der Waals surface area contributed by atoms with Gasteiger partial charge in [0.1, 0.15) is 0 Å². The van der Waals surface area contributed by atoms with Gasteiger partial charge in [-0.05, 0) is 169 Å². The molecule has 10 fully saturated rings. The van der Waals surface area contributed by atoms with Crippen LogP contribution in [0.3, 0.4) is 0 Å². The Labute approximate surface area is 230 Å². The van der Waals surface area contributed by atoms with Crippen LogP contribution in [0.2, 0.25) is 0 Å². The van der Waals surface area contributed by atoms with Gasteiger partial charge in [0, 0.05) is 18.5 Å². The minimum absolute atomic E-state index is 0.0356. The third kappa shape index (κ3) is 5.67.